The summed E-state index contributed by atoms with van der Waals surface area (Å²) < 4.78 is 0. The standard InChI is InChI=1S/C13H15NO2/c1-3-13(16)14-12-7-6-11(5-4-8-15)9-10(12)2/h6-7,9,15H,3,8H2,1-2H3,(H,14,16). The van der Waals surface area contributed by atoms with Crippen molar-refractivity contribution in [3.8, 4) is 11.8 Å². The van der Waals surface area contributed by atoms with Gasteiger partial charge in [-0.25, -0.2) is 0 Å². The van der Waals surface area contributed by atoms with E-state index in [0.717, 1.165) is 16.8 Å². The maximum Gasteiger partial charge on any atom is 0.224 e. The van der Waals surface area contributed by atoms with Gasteiger partial charge in [-0.15, -0.1) is 0 Å². The first-order valence-electron chi connectivity index (χ1n) is 5.17. The van der Waals surface area contributed by atoms with Gasteiger partial charge < -0.3 is 10.4 Å². The molecule has 16 heavy (non-hydrogen) atoms. The molecule has 0 aliphatic carbocycles. The van der Waals surface area contributed by atoms with E-state index in [4.69, 9.17) is 5.11 Å². The van der Waals surface area contributed by atoms with Crippen LogP contribution in [-0.4, -0.2) is 17.6 Å². The van der Waals surface area contributed by atoms with Crippen LogP contribution in [-0.2, 0) is 4.79 Å². The molecule has 84 valence electrons. The van der Waals surface area contributed by atoms with Crippen molar-refractivity contribution in [2.45, 2.75) is 20.3 Å². The zero-order valence-corrected chi connectivity index (χ0v) is 9.50. The van der Waals surface area contributed by atoms with Crippen LogP contribution >= 0.6 is 0 Å². The Kier molecular flexibility index (Phi) is 4.56. The first-order valence-corrected chi connectivity index (χ1v) is 5.17. The van der Waals surface area contributed by atoms with Gasteiger partial charge in [0.2, 0.25) is 5.91 Å². The minimum atomic E-state index is -0.145. The summed E-state index contributed by atoms with van der Waals surface area (Å²) in [7, 11) is 0. The minimum Gasteiger partial charge on any atom is -0.384 e. The Morgan fingerprint density at radius 1 is 1.50 bits per heavy atom. The third-order valence-electron chi connectivity index (χ3n) is 2.13. The first-order chi connectivity index (χ1) is 7.67. The molecule has 3 heteroatoms. The van der Waals surface area contributed by atoms with Crippen LogP contribution in [0.25, 0.3) is 0 Å². The zero-order valence-electron chi connectivity index (χ0n) is 9.50. The number of aliphatic hydroxyl groups is 1. The summed E-state index contributed by atoms with van der Waals surface area (Å²) in [6, 6.07) is 5.53. The van der Waals surface area contributed by atoms with Crippen molar-refractivity contribution in [2.75, 3.05) is 11.9 Å². The zero-order chi connectivity index (χ0) is 12.0. The van der Waals surface area contributed by atoms with E-state index in [-0.39, 0.29) is 12.5 Å². The molecule has 0 aromatic heterocycles. The van der Waals surface area contributed by atoms with Crippen molar-refractivity contribution < 1.29 is 9.90 Å². The quantitative estimate of drug-likeness (QED) is 0.740. The Morgan fingerprint density at radius 2 is 2.25 bits per heavy atom. The third kappa shape index (κ3) is 3.41. The Morgan fingerprint density at radius 3 is 2.81 bits per heavy atom. The Labute approximate surface area is 95.5 Å². The lowest BCUT2D eigenvalue weighted by atomic mass is 10.1. The van der Waals surface area contributed by atoms with E-state index in [0.29, 0.717) is 6.42 Å². The van der Waals surface area contributed by atoms with Gasteiger partial charge in [-0.05, 0) is 30.7 Å². The Bertz CT molecular complexity index is 441. The van der Waals surface area contributed by atoms with Crippen LogP contribution in [0.5, 0.6) is 0 Å². The van der Waals surface area contributed by atoms with Crippen LogP contribution in [0, 0.1) is 18.8 Å². The average Bonchev–Trinajstić information content (AvgIpc) is 2.29. The topological polar surface area (TPSA) is 49.3 Å². The molecular formula is C13H15NO2. The number of aliphatic hydroxyl groups excluding tert-OH is 1. The molecule has 0 aliphatic heterocycles. The van der Waals surface area contributed by atoms with Crippen molar-refractivity contribution in [1.82, 2.24) is 0 Å². The molecule has 1 rings (SSSR count). The normalized spacial score (nSPS) is 9.19. The molecule has 0 fully saturated rings. The number of carbonyl (C=O) groups excluding carboxylic acids is 1. The number of rotatable bonds is 2. The molecule has 0 saturated carbocycles. The van der Waals surface area contributed by atoms with E-state index < -0.39 is 0 Å². The number of amides is 1. The van der Waals surface area contributed by atoms with Gasteiger partial charge in [-0.2, -0.15) is 0 Å². The van der Waals surface area contributed by atoms with E-state index >= 15 is 0 Å². The molecule has 1 aromatic carbocycles. The second-order valence-corrected chi connectivity index (χ2v) is 3.39. The van der Waals surface area contributed by atoms with Crippen molar-refractivity contribution >= 4 is 11.6 Å². The Balaban J connectivity index is 2.87. The number of nitrogens with one attached hydrogen (secondary N) is 1. The van der Waals surface area contributed by atoms with Crippen molar-refractivity contribution in [3.63, 3.8) is 0 Å². The first kappa shape index (κ1) is 12.3. The van der Waals surface area contributed by atoms with Gasteiger partial charge >= 0.3 is 0 Å². The predicted molar refractivity (Wildman–Crippen MR) is 64.1 cm³/mol. The van der Waals surface area contributed by atoms with Crippen LogP contribution < -0.4 is 5.32 Å². The highest BCUT2D eigenvalue weighted by atomic mass is 16.2. The average molecular weight is 217 g/mol. The molecule has 0 aliphatic rings. The van der Waals surface area contributed by atoms with E-state index in [1.807, 2.05) is 32.0 Å². The van der Waals surface area contributed by atoms with Crippen LogP contribution in [0.4, 0.5) is 5.69 Å². The van der Waals surface area contributed by atoms with E-state index in [9.17, 15) is 4.79 Å². The van der Waals surface area contributed by atoms with E-state index in [1.165, 1.54) is 0 Å². The molecule has 1 amide bonds. The molecule has 0 unspecified atom stereocenters. The predicted octanol–water partition coefficient (Wildman–Crippen LogP) is 1.69. The molecule has 3 nitrogen and oxygen atoms in total. The highest BCUT2D eigenvalue weighted by Gasteiger charge is 2.02. The monoisotopic (exact) mass is 217 g/mol. The van der Waals surface area contributed by atoms with Gasteiger partial charge in [0.15, 0.2) is 0 Å². The van der Waals surface area contributed by atoms with E-state index in [2.05, 4.69) is 17.2 Å². The molecule has 0 atom stereocenters. The number of aryl methyl sites for hydroxylation is 1. The lowest BCUT2D eigenvalue weighted by molar-refractivity contribution is -0.115. The van der Waals surface area contributed by atoms with Gasteiger partial charge in [0.05, 0.1) is 0 Å². The van der Waals surface area contributed by atoms with Crippen molar-refractivity contribution in [1.29, 1.82) is 0 Å². The minimum absolute atomic E-state index is 0.00251. The fraction of sp³-hybridized carbons (Fsp3) is 0.308. The molecular weight excluding hydrogens is 202 g/mol. The fourth-order valence-electron chi connectivity index (χ4n) is 1.26. The summed E-state index contributed by atoms with van der Waals surface area (Å²) in [5.41, 5.74) is 2.61. The van der Waals surface area contributed by atoms with Crippen LogP contribution in [0.1, 0.15) is 24.5 Å². The molecule has 0 radical (unpaired) electrons. The highest BCUT2D eigenvalue weighted by Crippen LogP contribution is 2.16. The summed E-state index contributed by atoms with van der Waals surface area (Å²) in [5.74, 6) is 5.40. The lowest BCUT2D eigenvalue weighted by Crippen LogP contribution is -2.10. The van der Waals surface area contributed by atoms with Crippen LogP contribution in [0.2, 0.25) is 0 Å². The lowest BCUT2D eigenvalue weighted by Gasteiger charge is -2.07. The second kappa shape index (κ2) is 5.94. The van der Waals surface area contributed by atoms with Crippen LogP contribution in [0.3, 0.4) is 0 Å². The SMILES string of the molecule is CCC(=O)Nc1ccc(C#CCO)cc1C. The summed E-state index contributed by atoms with van der Waals surface area (Å²) in [4.78, 5) is 11.2. The molecule has 0 heterocycles. The van der Waals surface area contributed by atoms with Crippen molar-refractivity contribution in [2.24, 2.45) is 0 Å². The van der Waals surface area contributed by atoms with Gasteiger partial charge in [0, 0.05) is 17.7 Å². The summed E-state index contributed by atoms with van der Waals surface area (Å²) >= 11 is 0. The summed E-state index contributed by atoms with van der Waals surface area (Å²) in [6.45, 7) is 3.58. The molecule has 0 bridgehead atoms. The van der Waals surface area contributed by atoms with Gasteiger partial charge in [0.1, 0.15) is 6.61 Å². The van der Waals surface area contributed by atoms with Gasteiger partial charge in [0.25, 0.3) is 0 Å². The smallest absolute Gasteiger partial charge is 0.224 e. The van der Waals surface area contributed by atoms with Crippen molar-refractivity contribution in [3.05, 3.63) is 29.3 Å². The van der Waals surface area contributed by atoms with E-state index in [1.54, 1.807) is 0 Å². The fourth-order valence-corrected chi connectivity index (χ4v) is 1.26. The molecule has 0 saturated heterocycles. The molecule has 2 N–H and O–H groups in total. The van der Waals surface area contributed by atoms with Gasteiger partial charge in [-0.1, -0.05) is 18.8 Å². The summed E-state index contributed by atoms with van der Waals surface area (Å²) in [5, 5.41) is 11.4. The maximum atomic E-state index is 11.2. The Hall–Kier alpha value is -1.79. The van der Waals surface area contributed by atoms with Gasteiger partial charge in [-0.3, -0.25) is 4.79 Å². The second-order valence-electron chi connectivity index (χ2n) is 3.39. The maximum absolute atomic E-state index is 11.2. The largest absolute Gasteiger partial charge is 0.384 e. The highest BCUT2D eigenvalue weighted by molar-refractivity contribution is 5.91. The number of carbonyl (C=O) groups is 1. The number of hydrogen-bond donors (Lipinski definition) is 2. The molecule has 0 spiro atoms. The van der Waals surface area contributed by atoms with Crippen LogP contribution in [0.15, 0.2) is 18.2 Å². The summed E-state index contributed by atoms with van der Waals surface area (Å²) in [6.07, 6.45) is 0.464. The molecule has 1 aromatic rings. The number of anilines is 1. The third-order valence-corrected chi connectivity index (χ3v) is 2.13. The number of hydrogen-bond acceptors (Lipinski definition) is 2. The number of benzene rings is 1.